The Kier molecular flexibility index (Phi) is 3.21. The molecule has 1 aromatic rings. The van der Waals surface area contributed by atoms with Gasteiger partial charge < -0.3 is 4.90 Å². The number of nitriles is 1. The highest BCUT2D eigenvalue weighted by atomic mass is 15.1. The van der Waals surface area contributed by atoms with Crippen molar-refractivity contribution in [1.82, 2.24) is 9.97 Å². The molecule has 0 aliphatic carbocycles. The van der Waals surface area contributed by atoms with Gasteiger partial charge in [-0.3, -0.25) is 0 Å². The molecule has 1 heterocycles. The summed E-state index contributed by atoms with van der Waals surface area (Å²) in [5.41, 5.74) is 0.962. The van der Waals surface area contributed by atoms with Crippen LogP contribution in [0.4, 0.5) is 5.69 Å². The minimum absolute atomic E-state index is 0.218. The van der Waals surface area contributed by atoms with Gasteiger partial charge in [0.2, 0.25) is 5.82 Å². The molecule has 1 aromatic heterocycles. The first kappa shape index (κ1) is 9.46. The third kappa shape index (κ3) is 2.15. The van der Waals surface area contributed by atoms with Crippen molar-refractivity contribution >= 4 is 5.69 Å². The number of nitrogens with zero attached hydrogens (tertiary/aromatic N) is 4. The summed E-state index contributed by atoms with van der Waals surface area (Å²) in [6, 6.07) is 1.89. The second kappa shape index (κ2) is 4.41. The molecule has 0 atom stereocenters. The Morgan fingerprint density at radius 3 is 2.23 bits per heavy atom. The van der Waals surface area contributed by atoms with E-state index in [4.69, 9.17) is 5.26 Å². The predicted molar refractivity (Wildman–Crippen MR) is 50.3 cm³/mol. The van der Waals surface area contributed by atoms with E-state index in [2.05, 4.69) is 28.7 Å². The lowest BCUT2D eigenvalue weighted by atomic mass is 10.4. The number of anilines is 1. The van der Waals surface area contributed by atoms with Gasteiger partial charge in [-0.1, -0.05) is 0 Å². The Morgan fingerprint density at radius 1 is 1.31 bits per heavy atom. The smallest absolute Gasteiger partial charge is 0.232 e. The van der Waals surface area contributed by atoms with E-state index >= 15 is 0 Å². The average Bonchev–Trinajstić information content (AvgIpc) is 2.21. The maximum absolute atomic E-state index is 8.49. The van der Waals surface area contributed by atoms with Gasteiger partial charge in [0.25, 0.3) is 0 Å². The summed E-state index contributed by atoms with van der Waals surface area (Å²) in [6.45, 7) is 5.99. The normalized spacial score (nSPS) is 9.31. The first-order valence-corrected chi connectivity index (χ1v) is 4.28. The molecule has 0 fully saturated rings. The van der Waals surface area contributed by atoms with Crippen molar-refractivity contribution in [2.75, 3.05) is 18.0 Å². The van der Waals surface area contributed by atoms with Crippen molar-refractivity contribution in [3.8, 4) is 6.07 Å². The minimum atomic E-state index is 0.218. The monoisotopic (exact) mass is 176 g/mol. The van der Waals surface area contributed by atoms with Crippen LogP contribution < -0.4 is 4.90 Å². The quantitative estimate of drug-likeness (QED) is 0.694. The molecule has 0 N–H and O–H groups in total. The van der Waals surface area contributed by atoms with Crippen LogP contribution in [0, 0.1) is 11.3 Å². The lowest BCUT2D eigenvalue weighted by Crippen LogP contribution is -2.22. The van der Waals surface area contributed by atoms with E-state index in [9.17, 15) is 0 Å². The Balaban J connectivity index is 2.85. The van der Waals surface area contributed by atoms with Gasteiger partial charge in [0.05, 0.1) is 18.1 Å². The van der Waals surface area contributed by atoms with E-state index in [0.29, 0.717) is 0 Å². The molecule has 0 saturated heterocycles. The third-order valence-corrected chi connectivity index (χ3v) is 1.87. The zero-order valence-corrected chi connectivity index (χ0v) is 7.86. The predicted octanol–water partition coefficient (Wildman–Crippen LogP) is 1.19. The van der Waals surface area contributed by atoms with Gasteiger partial charge in [-0.2, -0.15) is 5.26 Å². The highest BCUT2D eigenvalue weighted by Crippen LogP contribution is 2.09. The third-order valence-electron chi connectivity index (χ3n) is 1.87. The van der Waals surface area contributed by atoms with Crippen LogP contribution in [0.5, 0.6) is 0 Å². The molecule has 0 saturated carbocycles. The zero-order valence-electron chi connectivity index (χ0n) is 7.86. The molecule has 0 aliphatic rings. The molecule has 0 radical (unpaired) electrons. The van der Waals surface area contributed by atoms with Crippen LogP contribution in [0.15, 0.2) is 12.4 Å². The molecule has 0 spiro atoms. The van der Waals surface area contributed by atoms with E-state index < -0.39 is 0 Å². The van der Waals surface area contributed by atoms with E-state index in [1.807, 2.05) is 6.07 Å². The van der Waals surface area contributed by atoms with Crippen LogP contribution >= 0.6 is 0 Å². The topological polar surface area (TPSA) is 52.8 Å². The summed E-state index contributed by atoms with van der Waals surface area (Å²) in [4.78, 5) is 9.93. The van der Waals surface area contributed by atoms with Gasteiger partial charge in [0, 0.05) is 13.1 Å². The average molecular weight is 176 g/mol. The number of hydrogen-bond acceptors (Lipinski definition) is 4. The fourth-order valence-corrected chi connectivity index (χ4v) is 1.13. The lowest BCUT2D eigenvalue weighted by Gasteiger charge is -2.19. The molecular weight excluding hydrogens is 164 g/mol. The van der Waals surface area contributed by atoms with Gasteiger partial charge >= 0.3 is 0 Å². The first-order chi connectivity index (χ1) is 6.31. The molecule has 0 aliphatic heterocycles. The molecular formula is C9H12N4. The second-order valence-electron chi connectivity index (χ2n) is 2.55. The molecule has 1 rings (SSSR count). The van der Waals surface area contributed by atoms with E-state index in [0.717, 1.165) is 18.8 Å². The molecule has 4 heteroatoms. The highest BCUT2D eigenvalue weighted by Gasteiger charge is 2.02. The molecule has 68 valence electrons. The summed E-state index contributed by atoms with van der Waals surface area (Å²) in [5.74, 6) is 0.218. The largest absolute Gasteiger partial charge is 0.370 e. The summed E-state index contributed by atoms with van der Waals surface area (Å²) in [5, 5.41) is 8.49. The highest BCUT2D eigenvalue weighted by molar-refractivity contribution is 5.42. The van der Waals surface area contributed by atoms with Crippen molar-refractivity contribution < 1.29 is 0 Å². The number of aromatic nitrogens is 2. The van der Waals surface area contributed by atoms with Crippen LogP contribution in [0.3, 0.4) is 0 Å². The van der Waals surface area contributed by atoms with Crippen LogP contribution in [-0.2, 0) is 0 Å². The molecule has 0 aromatic carbocycles. The van der Waals surface area contributed by atoms with Gasteiger partial charge in [0.1, 0.15) is 6.07 Å². The minimum Gasteiger partial charge on any atom is -0.370 e. The summed E-state index contributed by atoms with van der Waals surface area (Å²) >= 11 is 0. The van der Waals surface area contributed by atoms with Crippen molar-refractivity contribution in [2.45, 2.75) is 13.8 Å². The lowest BCUT2D eigenvalue weighted by molar-refractivity contribution is 0.855. The van der Waals surface area contributed by atoms with E-state index in [1.165, 1.54) is 0 Å². The maximum atomic E-state index is 8.49. The fourth-order valence-electron chi connectivity index (χ4n) is 1.13. The zero-order chi connectivity index (χ0) is 9.68. The van der Waals surface area contributed by atoms with Crippen molar-refractivity contribution in [3.63, 3.8) is 0 Å². The van der Waals surface area contributed by atoms with Crippen molar-refractivity contribution in [3.05, 3.63) is 18.2 Å². The second-order valence-corrected chi connectivity index (χ2v) is 2.55. The van der Waals surface area contributed by atoms with Crippen LogP contribution in [0.25, 0.3) is 0 Å². The van der Waals surface area contributed by atoms with Crippen LogP contribution in [0.2, 0.25) is 0 Å². The molecule has 4 nitrogen and oxygen atoms in total. The van der Waals surface area contributed by atoms with Gasteiger partial charge in [-0.25, -0.2) is 9.97 Å². The van der Waals surface area contributed by atoms with Crippen LogP contribution in [-0.4, -0.2) is 23.1 Å². The van der Waals surface area contributed by atoms with E-state index in [-0.39, 0.29) is 5.82 Å². The van der Waals surface area contributed by atoms with Crippen LogP contribution in [0.1, 0.15) is 19.7 Å². The standard InChI is InChI=1S/C9H12N4/c1-3-13(4-2)8-6-11-9(5-10)12-7-8/h6-7H,3-4H2,1-2H3. The SMILES string of the molecule is CCN(CC)c1cnc(C#N)nc1. The van der Waals surface area contributed by atoms with Gasteiger partial charge in [-0.15, -0.1) is 0 Å². The summed E-state index contributed by atoms with van der Waals surface area (Å²) in [6.07, 6.45) is 3.36. The summed E-state index contributed by atoms with van der Waals surface area (Å²) in [7, 11) is 0. The summed E-state index contributed by atoms with van der Waals surface area (Å²) < 4.78 is 0. The Morgan fingerprint density at radius 2 is 1.85 bits per heavy atom. The Hall–Kier alpha value is -1.63. The molecule has 13 heavy (non-hydrogen) atoms. The molecule has 0 bridgehead atoms. The molecule has 0 amide bonds. The van der Waals surface area contributed by atoms with Crippen molar-refractivity contribution in [2.24, 2.45) is 0 Å². The maximum Gasteiger partial charge on any atom is 0.232 e. The molecule has 0 unspecified atom stereocenters. The van der Waals surface area contributed by atoms with Gasteiger partial charge in [0.15, 0.2) is 0 Å². The fraction of sp³-hybridized carbons (Fsp3) is 0.444. The Bertz CT molecular complexity index is 294. The number of rotatable bonds is 3. The Labute approximate surface area is 77.8 Å². The first-order valence-electron chi connectivity index (χ1n) is 4.28. The number of hydrogen-bond donors (Lipinski definition) is 0. The van der Waals surface area contributed by atoms with E-state index in [1.54, 1.807) is 12.4 Å². The van der Waals surface area contributed by atoms with Gasteiger partial charge in [-0.05, 0) is 13.8 Å². The van der Waals surface area contributed by atoms with Crippen molar-refractivity contribution in [1.29, 1.82) is 5.26 Å².